The van der Waals surface area contributed by atoms with Gasteiger partial charge in [0, 0.05) is 36.9 Å². The lowest BCUT2D eigenvalue weighted by Gasteiger charge is -2.38. The summed E-state index contributed by atoms with van der Waals surface area (Å²) in [4.78, 5) is 31.6. The molecular formula is C29H24Cl2F3N3O6S. The summed E-state index contributed by atoms with van der Waals surface area (Å²) in [6.45, 7) is 2.33. The van der Waals surface area contributed by atoms with Crippen molar-refractivity contribution in [1.82, 2.24) is 10.1 Å². The van der Waals surface area contributed by atoms with Gasteiger partial charge in [0.05, 0.1) is 20.3 Å². The highest BCUT2D eigenvalue weighted by Gasteiger charge is 2.39. The SMILES string of the molecule is CC[C@@H]1C[C@H](OC(=O)c2c(-c3c(Cl)cccc3Cl)noc2C2CC2)CCN1c1nc2c(OC(F)(F)F)cc(C(=O)O)cc2s1. The molecule has 2 aromatic heterocycles. The number of piperidine rings is 1. The van der Waals surface area contributed by atoms with Crippen molar-refractivity contribution >= 4 is 61.8 Å². The molecular weight excluding hydrogens is 646 g/mol. The van der Waals surface area contributed by atoms with Crippen LogP contribution >= 0.6 is 34.5 Å². The van der Waals surface area contributed by atoms with E-state index in [1.165, 1.54) is 6.07 Å². The van der Waals surface area contributed by atoms with E-state index < -0.39 is 30.2 Å². The molecule has 2 atom stereocenters. The van der Waals surface area contributed by atoms with E-state index in [-0.39, 0.29) is 39.0 Å². The summed E-state index contributed by atoms with van der Waals surface area (Å²) in [5, 5.41) is 14.6. The van der Waals surface area contributed by atoms with Crippen LogP contribution in [-0.2, 0) is 4.74 Å². The topological polar surface area (TPSA) is 115 Å². The summed E-state index contributed by atoms with van der Waals surface area (Å²) in [6, 6.07) is 6.90. The minimum Gasteiger partial charge on any atom is -0.478 e. The summed E-state index contributed by atoms with van der Waals surface area (Å²) >= 11 is 13.9. The van der Waals surface area contributed by atoms with E-state index in [1.54, 1.807) is 18.2 Å². The molecule has 232 valence electrons. The van der Waals surface area contributed by atoms with Crippen LogP contribution in [-0.4, -0.2) is 52.2 Å². The summed E-state index contributed by atoms with van der Waals surface area (Å²) in [5.74, 6) is -2.17. The first-order chi connectivity index (χ1) is 20.9. The smallest absolute Gasteiger partial charge is 0.478 e. The number of rotatable bonds is 8. The largest absolute Gasteiger partial charge is 0.573 e. The number of esters is 1. The Morgan fingerprint density at radius 2 is 1.91 bits per heavy atom. The highest BCUT2D eigenvalue weighted by molar-refractivity contribution is 7.22. The molecule has 9 nitrogen and oxygen atoms in total. The van der Waals surface area contributed by atoms with E-state index in [4.69, 9.17) is 32.5 Å². The van der Waals surface area contributed by atoms with Crippen LogP contribution in [0.1, 0.15) is 71.4 Å². The Kier molecular flexibility index (Phi) is 8.14. The number of carbonyl (C=O) groups is 2. The first-order valence-electron chi connectivity index (χ1n) is 13.8. The van der Waals surface area contributed by atoms with Gasteiger partial charge in [-0.2, -0.15) is 0 Å². The number of benzene rings is 2. The zero-order valence-electron chi connectivity index (χ0n) is 23.0. The van der Waals surface area contributed by atoms with Crippen molar-refractivity contribution in [1.29, 1.82) is 0 Å². The third-order valence-corrected chi connectivity index (χ3v) is 9.32. The summed E-state index contributed by atoms with van der Waals surface area (Å²) < 4.78 is 55.3. The van der Waals surface area contributed by atoms with Crippen molar-refractivity contribution in [2.24, 2.45) is 0 Å². The summed E-state index contributed by atoms with van der Waals surface area (Å²) in [6.07, 6.45) is -2.33. The molecule has 0 radical (unpaired) electrons. The number of carboxylic acids is 1. The van der Waals surface area contributed by atoms with Crippen LogP contribution in [0.25, 0.3) is 21.5 Å². The molecule has 0 bridgehead atoms. The number of carbonyl (C=O) groups excluding carboxylic acids is 1. The number of anilines is 1. The number of hydrogen-bond acceptors (Lipinski definition) is 9. The molecule has 1 N–H and O–H groups in total. The molecule has 1 saturated heterocycles. The Labute approximate surface area is 262 Å². The van der Waals surface area contributed by atoms with Gasteiger partial charge in [-0.05, 0) is 43.5 Å². The predicted molar refractivity (Wildman–Crippen MR) is 157 cm³/mol. The fourth-order valence-electron chi connectivity index (χ4n) is 5.43. The number of alkyl halides is 3. The Bertz CT molecular complexity index is 1740. The lowest BCUT2D eigenvalue weighted by atomic mass is 9.97. The predicted octanol–water partition coefficient (Wildman–Crippen LogP) is 8.34. The van der Waals surface area contributed by atoms with Crippen LogP contribution in [0.4, 0.5) is 18.3 Å². The normalized spacial score (nSPS) is 18.9. The Balaban J connectivity index is 1.25. The van der Waals surface area contributed by atoms with Gasteiger partial charge in [0.2, 0.25) is 0 Å². The number of halogens is 5. The van der Waals surface area contributed by atoms with E-state index >= 15 is 0 Å². The van der Waals surface area contributed by atoms with Crippen LogP contribution in [0.15, 0.2) is 34.9 Å². The van der Waals surface area contributed by atoms with Gasteiger partial charge in [-0.25, -0.2) is 14.6 Å². The molecule has 3 heterocycles. The van der Waals surface area contributed by atoms with Crippen molar-refractivity contribution in [3.63, 3.8) is 0 Å². The zero-order chi connectivity index (χ0) is 31.3. The molecule has 0 amide bonds. The lowest BCUT2D eigenvalue weighted by Crippen LogP contribution is -2.45. The van der Waals surface area contributed by atoms with Gasteiger partial charge in [0.25, 0.3) is 0 Å². The third kappa shape index (κ3) is 6.04. The van der Waals surface area contributed by atoms with Gasteiger partial charge in [-0.1, -0.05) is 52.7 Å². The van der Waals surface area contributed by atoms with Gasteiger partial charge in [-0.3, -0.25) is 0 Å². The van der Waals surface area contributed by atoms with E-state index in [1.807, 2.05) is 11.8 Å². The maximum Gasteiger partial charge on any atom is 0.573 e. The Morgan fingerprint density at radius 1 is 1.18 bits per heavy atom. The molecule has 2 aromatic carbocycles. The van der Waals surface area contributed by atoms with Crippen LogP contribution in [0.5, 0.6) is 5.75 Å². The fraction of sp³-hybridized carbons (Fsp3) is 0.379. The highest BCUT2D eigenvalue weighted by atomic mass is 35.5. The molecule has 44 heavy (non-hydrogen) atoms. The van der Waals surface area contributed by atoms with Gasteiger partial charge in [0.15, 0.2) is 16.6 Å². The molecule has 0 spiro atoms. The third-order valence-electron chi connectivity index (χ3n) is 7.65. The minimum atomic E-state index is -5.02. The molecule has 1 saturated carbocycles. The van der Waals surface area contributed by atoms with Crippen LogP contribution in [0.3, 0.4) is 0 Å². The number of carboxylic acid groups (broad SMARTS) is 1. The number of aromatic carboxylic acids is 1. The average molecular weight is 670 g/mol. The molecule has 2 fully saturated rings. The summed E-state index contributed by atoms with van der Waals surface area (Å²) in [7, 11) is 0. The van der Waals surface area contributed by atoms with Crippen LogP contribution < -0.4 is 9.64 Å². The van der Waals surface area contributed by atoms with Crippen LogP contribution in [0, 0.1) is 0 Å². The molecule has 2 aliphatic rings. The fourth-order valence-corrected chi connectivity index (χ4v) is 7.12. The van der Waals surface area contributed by atoms with Gasteiger partial charge in [0.1, 0.15) is 22.9 Å². The molecule has 1 aliphatic carbocycles. The number of nitrogens with zero attached hydrogens (tertiary/aromatic N) is 3. The van der Waals surface area contributed by atoms with E-state index in [0.717, 1.165) is 30.2 Å². The summed E-state index contributed by atoms with van der Waals surface area (Å²) in [5.41, 5.74) is 0.387. The molecule has 1 aliphatic heterocycles. The zero-order valence-corrected chi connectivity index (χ0v) is 25.3. The minimum absolute atomic E-state index is 0.0530. The standard InChI is InChI=1S/C29H24Cl2F3N3O6S/c1-2-15-12-16(41-27(40)22-24(36-43-25(22)13-6-7-13)21-17(30)4-3-5-18(21)31)8-9-37(15)28-35-23-19(42-29(32,33)34)10-14(26(38)39)11-20(23)44-28/h3-5,10-11,13,15-16H,2,6-9,12H2,1H3,(H,38,39)/t15-,16-/m1/s1. The Hall–Kier alpha value is -3.55. The number of fused-ring (bicyclic) bond motifs is 1. The average Bonchev–Trinajstić information content (AvgIpc) is 3.56. The van der Waals surface area contributed by atoms with Crippen molar-refractivity contribution in [2.75, 3.05) is 11.4 Å². The van der Waals surface area contributed by atoms with E-state index in [9.17, 15) is 27.9 Å². The van der Waals surface area contributed by atoms with Crippen molar-refractivity contribution < 1.29 is 41.9 Å². The molecule has 15 heteroatoms. The first-order valence-corrected chi connectivity index (χ1v) is 15.4. The van der Waals surface area contributed by atoms with Gasteiger partial charge in [-0.15, -0.1) is 13.2 Å². The van der Waals surface area contributed by atoms with Crippen LogP contribution in [0.2, 0.25) is 10.0 Å². The number of aromatic nitrogens is 2. The first kappa shape index (κ1) is 30.5. The second kappa shape index (κ2) is 11.8. The number of hydrogen-bond donors (Lipinski definition) is 1. The van der Waals surface area contributed by atoms with Crippen molar-refractivity contribution in [3.8, 4) is 17.0 Å². The Morgan fingerprint density at radius 3 is 2.55 bits per heavy atom. The van der Waals surface area contributed by atoms with Gasteiger partial charge < -0.3 is 24.0 Å². The lowest BCUT2D eigenvalue weighted by molar-refractivity contribution is -0.274. The number of thiazole rings is 1. The molecule has 4 aromatic rings. The van der Waals surface area contributed by atoms with E-state index in [0.29, 0.717) is 52.3 Å². The quantitative estimate of drug-likeness (QED) is 0.185. The number of ether oxygens (including phenoxy) is 2. The highest BCUT2D eigenvalue weighted by Crippen LogP contribution is 2.46. The molecule has 6 rings (SSSR count). The van der Waals surface area contributed by atoms with Gasteiger partial charge >= 0.3 is 18.3 Å². The van der Waals surface area contributed by atoms with Crippen molar-refractivity contribution in [2.45, 2.75) is 63.5 Å². The molecule has 0 unspecified atom stereocenters. The van der Waals surface area contributed by atoms with Crippen molar-refractivity contribution in [3.05, 3.63) is 57.3 Å². The maximum atomic E-state index is 13.7. The van der Waals surface area contributed by atoms with E-state index in [2.05, 4.69) is 14.9 Å². The maximum absolute atomic E-state index is 13.7. The monoisotopic (exact) mass is 669 g/mol. The second-order valence-electron chi connectivity index (χ2n) is 10.6. The second-order valence-corrected chi connectivity index (χ2v) is 12.4.